The van der Waals surface area contributed by atoms with Crippen LogP contribution < -0.4 is 5.32 Å². The highest BCUT2D eigenvalue weighted by Gasteiger charge is 2.16. The Kier molecular flexibility index (Phi) is 2.93. The van der Waals surface area contributed by atoms with Gasteiger partial charge in [-0.15, -0.1) is 0 Å². The molecule has 18 heavy (non-hydrogen) atoms. The largest absolute Gasteiger partial charge is 0.504 e. The van der Waals surface area contributed by atoms with Crippen LogP contribution in [0.1, 0.15) is 21.6 Å². The number of carbonyl (C=O) groups is 1. The summed E-state index contributed by atoms with van der Waals surface area (Å²) in [4.78, 5) is 11.9. The summed E-state index contributed by atoms with van der Waals surface area (Å²) < 4.78 is 0. The van der Waals surface area contributed by atoms with Crippen molar-refractivity contribution < 1.29 is 15.0 Å². The Bertz CT molecular complexity index is 605. The Hall–Kier alpha value is -2.50. The lowest BCUT2D eigenvalue weighted by Crippen LogP contribution is -2.13. The van der Waals surface area contributed by atoms with Crippen molar-refractivity contribution in [1.82, 2.24) is 10.2 Å². The highest BCUT2D eigenvalue weighted by molar-refractivity contribution is 6.06. The number of hydrogen-bond acceptors (Lipinski definition) is 4. The van der Waals surface area contributed by atoms with E-state index in [-0.39, 0.29) is 11.3 Å². The van der Waals surface area contributed by atoms with Gasteiger partial charge in [-0.2, -0.15) is 5.10 Å². The molecule has 1 aromatic heterocycles. The van der Waals surface area contributed by atoms with Crippen molar-refractivity contribution in [2.45, 2.75) is 13.8 Å². The van der Waals surface area contributed by atoms with Crippen LogP contribution in [0.2, 0.25) is 0 Å². The maximum absolute atomic E-state index is 11.9. The molecule has 0 spiro atoms. The SMILES string of the molecule is Cc1[nH]nc(NC(=O)c2cccc(O)c2O)c1C. The molecule has 0 unspecified atom stereocenters. The molecule has 0 fully saturated rings. The average molecular weight is 247 g/mol. The number of nitrogens with zero attached hydrogens (tertiary/aromatic N) is 1. The third-order valence-electron chi connectivity index (χ3n) is 2.74. The maximum Gasteiger partial charge on any atom is 0.260 e. The van der Waals surface area contributed by atoms with Gasteiger partial charge in [0, 0.05) is 11.3 Å². The van der Waals surface area contributed by atoms with Crippen LogP contribution in [0.3, 0.4) is 0 Å². The Morgan fingerprint density at radius 2 is 2.06 bits per heavy atom. The number of nitrogens with one attached hydrogen (secondary N) is 2. The molecule has 0 saturated heterocycles. The minimum Gasteiger partial charge on any atom is -0.504 e. The molecule has 2 rings (SSSR count). The van der Waals surface area contributed by atoms with E-state index in [0.717, 1.165) is 11.3 Å². The second-order valence-electron chi connectivity index (χ2n) is 3.95. The molecular weight excluding hydrogens is 234 g/mol. The lowest BCUT2D eigenvalue weighted by atomic mass is 10.1. The molecule has 0 saturated carbocycles. The number of benzene rings is 1. The number of phenols is 2. The lowest BCUT2D eigenvalue weighted by Gasteiger charge is -2.06. The number of H-pyrrole nitrogens is 1. The van der Waals surface area contributed by atoms with Gasteiger partial charge in [-0.1, -0.05) is 6.07 Å². The van der Waals surface area contributed by atoms with Crippen LogP contribution in [0.15, 0.2) is 18.2 Å². The first kappa shape index (κ1) is 12.0. The molecule has 1 aromatic carbocycles. The third kappa shape index (κ3) is 2.00. The van der Waals surface area contributed by atoms with Gasteiger partial charge in [0.2, 0.25) is 0 Å². The van der Waals surface area contributed by atoms with E-state index in [1.54, 1.807) is 0 Å². The fraction of sp³-hybridized carbons (Fsp3) is 0.167. The lowest BCUT2D eigenvalue weighted by molar-refractivity contribution is 0.102. The van der Waals surface area contributed by atoms with Gasteiger partial charge in [0.05, 0.1) is 5.56 Å². The first-order valence-electron chi connectivity index (χ1n) is 5.34. The van der Waals surface area contributed by atoms with Crippen molar-refractivity contribution in [3.05, 3.63) is 35.0 Å². The van der Waals surface area contributed by atoms with Gasteiger partial charge >= 0.3 is 0 Å². The third-order valence-corrected chi connectivity index (χ3v) is 2.74. The minimum absolute atomic E-state index is 0.00458. The number of phenolic OH excluding ortho intramolecular Hbond substituents is 2. The molecule has 0 atom stereocenters. The Morgan fingerprint density at radius 1 is 1.33 bits per heavy atom. The van der Waals surface area contributed by atoms with Gasteiger partial charge < -0.3 is 15.5 Å². The molecule has 1 amide bonds. The quantitative estimate of drug-likeness (QED) is 0.607. The molecule has 0 aliphatic carbocycles. The molecule has 1 heterocycles. The molecule has 4 N–H and O–H groups in total. The van der Waals surface area contributed by atoms with E-state index in [9.17, 15) is 15.0 Å². The summed E-state index contributed by atoms with van der Waals surface area (Å²) in [6, 6.07) is 4.20. The van der Waals surface area contributed by atoms with E-state index in [4.69, 9.17) is 0 Å². The zero-order chi connectivity index (χ0) is 13.3. The summed E-state index contributed by atoms with van der Waals surface area (Å²) in [6.07, 6.45) is 0. The highest BCUT2D eigenvalue weighted by atomic mass is 16.3. The molecule has 0 aliphatic heterocycles. The predicted octanol–water partition coefficient (Wildman–Crippen LogP) is 1.69. The van der Waals surface area contributed by atoms with Crippen LogP contribution in [0.4, 0.5) is 5.82 Å². The van der Waals surface area contributed by atoms with Crippen LogP contribution in [0.5, 0.6) is 11.5 Å². The highest BCUT2D eigenvalue weighted by Crippen LogP contribution is 2.28. The number of amides is 1. The second-order valence-corrected chi connectivity index (χ2v) is 3.95. The number of aromatic amines is 1. The summed E-state index contributed by atoms with van der Waals surface area (Å²) in [5.74, 6) is -0.907. The monoisotopic (exact) mass is 247 g/mol. The molecule has 94 valence electrons. The maximum atomic E-state index is 11.9. The Morgan fingerprint density at radius 3 is 2.67 bits per heavy atom. The van der Waals surface area contributed by atoms with Gasteiger partial charge in [-0.3, -0.25) is 9.89 Å². The smallest absolute Gasteiger partial charge is 0.260 e. The van der Waals surface area contributed by atoms with Crippen LogP contribution in [0.25, 0.3) is 0 Å². The standard InChI is InChI=1S/C12H13N3O3/c1-6-7(2)14-15-11(6)13-12(18)8-4-3-5-9(16)10(8)17/h3-5,16-17H,1-2H3,(H2,13,14,15,18). The zero-order valence-electron chi connectivity index (χ0n) is 9.98. The predicted molar refractivity (Wildman–Crippen MR) is 65.8 cm³/mol. The van der Waals surface area contributed by atoms with Crippen molar-refractivity contribution in [2.24, 2.45) is 0 Å². The van der Waals surface area contributed by atoms with Crippen molar-refractivity contribution in [3.63, 3.8) is 0 Å². The second kappa shape index (κ2) is 4.40. The van der Waals surface area contributed by atoms with Gasteiger partial charge in [-0.25, -0.2) is 0 Å². The van der Waals surface area contributed by atoms with Gasteiger partial charge in [0.1, 0.15) is 0 Å². The number of aromatic nitrogens is 2. The van der Waals surface area contributed by atoms with Gasteiger partial charge in [-0.05, 0) is 26.0 Å². The number of para-hydroxylation sites is 1. The number of rotatable bonds is 2. The summed E-state index contributed by atoms with van der Waals surface area (Å²) >= 11 is 0. The minimum atomic E-state index is -0.530. The molecular formula is C12H13N3O3. The van der Waals surface area contributed by atoms with Crippen molar-refractivity contribution in [3.8, 4) is 11.5 Å². The molecule has 6 nitrogen and oxygen atoms in total. The van der Waals surface area contributed by atoms with Gasteiger partial charge in [0.15, 0.2) is 17.3 Å². The van der Waals surface area contributed by atoms with Crippen LogP contribution in [0, 0.1) is 13.8 Å². The number of carbonyl (C=O) groups excluding carboxylic acids is 1. The summed E-state index contributed by atoms with van der Waals surface area (Å²) in [5, 5.41) is 28.1. The van der Waals surface area contributed by atoms with E-state index in [2.05, 4.69) is 15.5 Å². The summed E-state index contributed by atoms with van der Waals surface area (Å²) in [7, 11) is 0. The van der Waals surface area contributed by atoms with Crippen molar-refractivity contribution in [2.75, 3.05) is 5.32 Å². The topological polar surface area (TPSA) is 98.2 Å². The number of aromatic hydroxyl groups is 2. The normalized spacial score (nSPS) is 10.3. The fourth-order valence-electron chi connectivity index (χ4n) is 1.50. The molecule has 6 heteroatoms. The summed E-state index contributed by atoms with van der Waals surface area (Å²) in [5.41, 5.74) is 1.67. The Balaban J connectivity index is 2.28. The van der Waals surface area contributed by atoms with Crippen molar-refractivity contribution >= 4 is 11.7 Å². The van der Waals surface area contributed by atoms with E-state index in [0.29, 0.717) is 5.82 Å². The average Bonchev–Trinajstić information content (AvgIpc) is 2.64. The van der Waals surface area contributed by atoms with Crippen molar-refractivity contribution in [1.29, 1.82) is 0 Å². The van der Waals surface area contributed by atoms with E-state index in [1.165, 1.54) is 18.2 Å². The fourth-order valence-corrected chi connectivity index (χ4v) is 1.50. The number of anilines is 1. The summed E-state index contributed by atoms with van der Waals surface area (Å²) in [6.45, 7) is 3.65. The zero-order valence-corrected chi connectivity index (χ0v) is 9.98. The number of aryl methyl sites for hydroxylation is 1. The first-order valence-corrected chi connectivity index (χ1v) is 5.34. The van der Waals surface area contributed by atoms with Crippen LogP contribution in [-0.4, -0.2) is 26.3 Å². The molecule has 2 aromatic rings. The molecule has 0 bridgehead atoms. The number of hydrogen-bond donors (Lipinski definition) is 4. The van der Waals surface area contributed by atoms with E-state index in [1.807, 2.05) is 13.8 Å². The van der Waals surface area contributed by atoms with E-state index < -0.39 is 11.7 Å². The first-order chi connectivity index (χ1) is 8.50. The molecule has 0 aliphatic rings. The van der Waals surface area contributed by atoms with Crippen LogP contribution >= 0.6 is 0 Å². The van der Waals surface area contributed by atoms with E-state index >= 15 is 0 Å². The Labute approximate surface area is 103 Å². The molecule has 0 radical (unpaired) electrons. The van der Waals surface area contributed by atoms with Crippen LogP contribution in [-0.2, 0) is 0 Å². The van der Waals surface area contributed by atoms with Gasteiger partial charge in [0.25, 0.3) is 5.91 Å².